The average Bonchev–Trinajstić information content (AvgIpc) is 2.76. The van der Waals surface area contributed by atoms with Crippen LogP contribution in [0.2, 0.25) is 0 Å². The summed E-state index contributed by atoms with van der Waals surface area (Å²) in [4.78, 5) is 4.76. The lowest BCUT2D eigenvalue weighted by molar-refractivity contribution is 0.346. The molecule has 2 nitrogen and oxygen atoms in total. The largest absolute Gasteiger partial charge is 0.316 e. The quantitative estimate of drug-likeness (QED) is 0.914. The predicted molar refractivity (Wildman–Crippen MR) is 77.1 cm³/mol. The second-order valence-corrected chi connectivity index (χ2v) is 6.10. The lowest BCUT2D eigenvalue weighted by atomic mass is 10.00. The summed E-state index contributed by atoms with van der Waals surface area (Å²) >= 11 is 1.79. The summed E-state index contributed by atoms with van der Waals surface area (Å²) in [7, 11) is 0. The Morgan fingerprint density at radius 1 is 1.28 bits per heavy atom. The molecule has 2 aromatic rings. The van der Waals surface area contributed by atoms with Gasteiger partial charge in [-0.2, -0.15) is 0 Å². The Bertz CT molecular complexity index is 555. The van der Waals surface area contributed by atoms with Crippen LogP contribution in [0, 0.1) is 19.8 Å². The molecule has 1 aromatic carbocycles. The van der Waals surface area contributed by atoms with Crippen molar-refractivity contribution in [3.05, 3.63) is 39.7 Å². The standard InChI is InChI=1S/C15H18N2S/c1-10-3-4-13(5-11(10)2)14-9-18-15(17-14)6-12-7-16-8-12/h3-5,9,12,16H,6-8H2,1-2H3. The van der Waals surface area contributed by atoms with Gasteiger partial charge in [-0.3, -0.25) is 0 Å². The minimum atomic E-state index is 0.795. The van der Waals surface area contributed by atoms with Crippen LogP contribution >= 0.6 is 11.3 Å². The van der Waals surface area contributed by atoms with Crippen molar-refractivity contribution in [2.45, 2.75) is 20.3 Å². The molecule has 0 saturated carbocycles. The van der Waals surface area contributed by atoms with Crippen molar-refractivity contribution in [2.24, 2.45) is 5.92 Å². The second-order valence-electron chi connectivity index (χ2n) is 5.15. The molecule has 1 aliphatic rings. The van der Waals surface area contributed by atoms with Crippen LogP contribution in [-0.4, -0.2) is 18.1 Å². The van der Waals surface area contributed by atoms with E-state index in [1.54, 1.807) is 11.3 Å². The van der Waals surface area contributed by atoms with Crippen LogP contribution in [0.15, 0.2) is 23.6 Å². The van der Waals surface area contributed by atoms with Crippen LogP contribution < -0.4 is 5.32 Å². The Morgan fingerprint density at radius 2 is 2.11 bits per heavy atom. The van der Waals surface area contributed by atoms with E-state index < -0.39 is 0 Å². The van der Waals surface area contributed by atoms with Gasteiger partial charge in [0.15, 0.2) is 0 Å². The topological polar surface area (TPSA) is 24.9 Å². The van der Waals surface area contributed by atoms with Crippen molar-refractivity contribution in [1.29, 1.82) is 0 Å². The van der Waals surface area contributed by atoms with E-state index in [0.29, 0.717) is 0 Å². The minimum Gasteiger partial charge on any atom is -0.316 e. The molecule has 0 atom stereocenters. The fourth-order valence-corrected chi connectivity index (χ4v) is 3.10. The molecule has 0 unspecified atom stereocenters. The first-order valence-electron chi connectivity index (χ1n) is 6.45. The first-order valence-corrected chi connectivity index (χ1v) is 7.33. The van der Waals surface area contributed by atoms with Gasteiger partial charge >= 0.3 is 0 Å². The normalized spacial score (nSPS) is 15.7. The van der Waals surface area contributed by atoms with E-state index in [1.807, 2.05) is 0 Å². The minimum absolute atomic E-state index is 0.795. The van der Waals surface area contributed by atoms with E-state index in [0.717, 1.165) is 31.1 Å². The molecular weight excluding hydrogens is 240 g/mol. The van der Waals surface area contributed by atoms with Gasteiger partial charge < -0.3 is 5.32 Å². The van der Waals surface area contributed by atoms with Crippen LogP contribution in [0.3, 0.4) is 0 Å². The van der Waals surface area contributed by atoms with E-state index in [4.69, 9.17) is 4.98 Å². The van der Waals surface area contributed by atoms with Crippen LogP contribution in [-0.2, 0) is 6.42 Å². The molecule has 18 heavy (non-hydrogen) atoms. The molecular formula is C15H18N2S. The number of thiazole rings is 1. The zero-order valence-electron chi connectivity index (χ0n) is 10.9. The highest BCUT2D eigenvalue weighted by Crippen LogP contribution is 2.25. The Hall–Kier alpha value is -1.19. The summed E-state index contributed by atoms with van der Waals surface area (Å²) in [5, 5.41) is 6.77. The number of aryl methyl sites for hydroxylation is 2. The molecule has 0 aliphatic carbocycles. The summed E-state index contributed by atoms with van der Waals surface area (Å²) in [6.45, 7) is 6.61. The van der Waals surface area contributed by atoms with Crippen molar-refractivity contribution in [2.75, 3.05) is 13.1 Å². The van der Waals surface area contributed by atoms with Crippen molar-refractivity contribution in [1.82, 2.24) is 10.3 Å². The van der Waals surface area contributed by atoms with Crippen molar-refractivity contribution < 1.29 is 0 Å². The number of aromatic nitrogens is 1. The van der Waals surface area contributed by atoms with Crippen molar-refractivity contribution in [3.63, 3.8) is 0 Å². The molecule has 1 saturated heterocycles. The van der Waals surface area contributed by atoms with Gasteiger partial charge in [-0.1, -0.05) is 12.1 Å². The number of hydrogen-bond acceptors (Lipinski definition) is 3. The highest BCUT2D eigenvalue weighted by atomic mass is 32.1. The third-order valence-electron chi connectivity index (χ3n) is 3.68. The predicted octanol–water partition coefficient (Wildman–Crippen LogP) is 3.19. The summed E-state index contributed by atoms with van der Waals surface area (Å²) in [6.07, 6.45) is 1.13. The molecule has 3 rings (SSSR count). The van der Waals surface area contributed by atoms with E-state index in [2.05, 4.69) is 42.7 Å². The fraction of sp³-hybridized carbons (Fsp3) is 0.400. The van der Waals surface area contributed by atoms with Gasteiger partial charge in [0, 0.05) is 17.4 Å². The first kappa shape index (κ1) is 11.9. The maximum absolute atomic E-state index is 4.76. The first-order chi connectivity index (χ1) is 8.72. The summed E-state index contributed by atoms with van der Waals surface area (Å²) < 4.78 is 0. The van der Waals surface area contributed by atoms with Gasteiger partial charge in [-0.25, -0.2) is 4.98 Å². The number of nitrogens with zero attached hydrogens (tertiary/aromatic N) is 1. The van der Waals surface area contributed by atoms with Gasteiger partial charge in [0.05, 0.1) is 10.7 Å². The van der Waals surface area contributed by atoms with Crippen LogP contribution in [0.5, 0.6) is 0 Å². The van der Waals surface area contributed by atoms with E-state index in [1.165, 1.54) is 21.7 Å². The van der Waals surface area contributed by atoms with Gasteiger partial charge in [0.25, 0.3) is 0 Å². The maximum atomic E-state index is 4.76. The highest BCUT2D eigenvalue weighted by molar-refractivity contribution is 7.09. The van der Waals surface area contributed by atoms with Crippen LogP contribution in [0.25, 0.3) is 11.3 Å². The maximum Gasteiger partial charge on any atom is 0.0936 e. The molecule has 1 N–H and O–H groups in total. The molecule has 2 heterocycles. The SMILES string of the molecule is Cc1ccc(-c2csc(CC3CNC3)n2)cc1C. The van der Waals surface area contributed by atoms with E-state index >= 15 is 0 Å². The second kappa shape index (κ2) is 4.82. The summed E-state index contributed by atoms with van der Waals surface area (Å²) in [5.74, 6) is 0.795. The summed E-state index contributed by atoms with van der Waals surface area (Å²) in [6, 6.07) is 6.59. The van der Waals surface area contributed by atoms with Gasteiger partial charge in [0.2, 0.25) is 0 Å². The fourth-order valence-electron chi connectivity index (χ4n) is 2.18. The van der Waals surface area contributed by atoms with Crippen LogP contribution in [0.4, 0.5) is 0 Å². The van der Waals surface area contributed by atoms with Crippen molar-refractivity contribution in [3.8, 4) is 11.3 Å². The molecule has 1 aromatic heterocycles. The molecule has 0 radical (unpaired) electrons. The number of nitrogens with one attached hydrogen (secondary N) is 1. The Labute approximate surface area is 112 Å². The van der Waals surface area contributed by atoms with Crippen molar-refractivity contribution >= 4 is 11.3 Å². The number of benzene rings is 1. The average molecular weight is 258 g/mol. The summed E-state index contributed by atoms with van der Waals surface area (Å²) in [5.41, 5.74) is 5.05. The smallest absolute Gasteiger partial charge is 0.0936 e. The lowest BCUT2D eigenvalue weighted by Gasteiger charge is -2.25. The molecule has 1 fully saturated rings. The van der Waals surface area contributed by atoms with Gasteiger partial charge in [-0.15, -0.1) is 11.3 Å². The number of rotatable bonds is 3. The zero-order valence-corrected chi connectivity index (χ0v) is 11.7. The highest BCUT2D eigenvalue weighted by Gasteiger charge is 2.18. The van der Waals surface area contributed by atoms with E-state index in [9.17, 15) is 0 Å². The monoisotopic (exact) mass is 258 g/mol. The van der Waals surface area contributed by atoms with E-state index in [-0.39, 0.29) is 0 Å². The molecule has 3 heteroatoms. The Morgan fingerprint density at radius 3 is 2.78 bits per heavy atom. The molecule has 0 spiro atoms. The van der Waals surface area contributed by atoms with Crippen LogP contribution in [0.1, 0.15) is 16.1 Å². The Kier molecular flexibility index (Phi) is 3.18. The lowest BCUT2D eigenvalue weighted by Crippen LogP contribution is -2.43. The number of hydrogen-bond donors (Lipinski definition) is 1. The van der Waals surface area contributed by atoms with Gasteiger partial charge in [-0.05, 0) is 50.0 Å². The molecule has 1 aliphatic heterocycles. The third-order valence-corrected chi connectivity index (χ3v) is 4.55. The Balaban J connectivity index is 1.80. The molecule has 0 amide bonds. The molecule has 0 bridgehead atoms. The third kappa shape index (κ3) is 2.33. The molecule has 94 valence electrons. The zero-order chi connectivity index (χ0) is 12.5. The van der Waals surface area contributed by atoms with Gasteiger partial charge in [0.1, 0.15) is 0 Å².